The summed E-state index contributed by atoms with van der Waals surface area (Å²) in [6, 6.07) is 20.4. The lowest BCUT2D eigenvalue weighted by molar-refractivity contribution is -0.141. The number of hydrogen-bond donors (Lipinski definition) is 0. The van der Waals surface area contributed by atoms with Gasteiger partial charge in [-0.05, 0) is 72.6 Å². The van der Waals surface area contributed by atoms with E-state index in [-0.39, 0.29) is 10.7 Å². The van der Waals surface area contributed by atoms with E-state index in [4.69, 9.17) is 11.6 Å². The standard InChI is InChI=1S/C27H20ClF3N4O2S/c1-17-33-26(27(29,30)31)16-34(17)24-11-6-19(18-4-3-5-22(14-18)38(2,36)37)15-23(24)25-12-13-32-35(25)21-9-7-20(28)8-10-21/h3-16H,1-2H3. The van der Waals surface area contributed by atoms with Crippen LogP contribution >= 0.6 is 11.6 Å². The molecule has 0 aliphatic rings. The molecule has 3 aromatic carbocycles. The smallest absolute Gasteiger partial charge is 0.303 e. The van der Waals surface area contributed by atoms with Gasteiger partial charge in [-0.1, -0.05) is 29.8 Å². The number of halogens is 4. The molecule has 0 aliphatic heterocycles. The Morgan fingerprint density at radius 2 is 1.63 bits per heavy atom. The lowest BCUT2D eigenvalue weighted by Gasteiger charge is -2.16. The molecule has 0 atom stereocenters. The van der Waals surface area contributed by atoms with Gasteiger partial charge in [0.2, 0.25) is 0 Å². The Kier molecular flexibility index (Phi) is 6.40. The summed E-state index contributed by atoms with van der Waals surface area (Å²) in [4.78, 5) is 3.88. The Morgan fingerprint density at radius 3 is 2.29 bits per heavy atom. The molecule has 194 valence electrons. The summed E-state index contributed by atoms with van der Waals surface area (Å²) in [7, 11) is -3.44. The van der Waals surface area contributed by atoms with Crippen molar-refractivity contribution in [2.75, 3.05) is 6.26 Å². The van der Waals surface area contributed by atoms with E-state index >= 15 is 0 Å². The van der Waals surface area contributed by atoms with E-state index in [1.807, 2.05) is 0 Å². The summed E-state index contributed by atoms with van der Waals surface area (Å²) >= 11 is 6.05. The van der Waals surface area contributed by atoms with Crippen molar-refractivity contribution in [3.8, 4) is 33.8 Å². The van der Waals surface area contributed by atoms with E-state index in [0.717, 1.165) is 12.5 Å². The van der Waals surface area contributed by atoms with Gasteiger partial charge >= 0.3 is 6.18 Å². The molecule has 2 aromatic heterocycles. The fourth-order valence-corrected chi connectivity index (χ4v) is 4.98. The van der Waals surface area contributed by atoms with E-state index in [2.05, 4.69) is 10.1 Å². The highest BCUT2D eigenvalue weighted by atomic mass is 35.5. The summed E-state index contributed by atoms with van der Waals surface area (Å²) in [5.41, 5.74) is 2.62. The fourth-order valence-electron chi connectivity index (χ4n) is 4.19. The van der Waals surface area contributed by atoms with Gasteiger partial charge < -0.3 is 4.57 Å². The second-order valence-electron chi connectivity index (χ2n) is 8.68. The Labute approximate surface area is 221 Å². The maximum absolute atomic E-state index is 13.5. The molecule has 5 aromatic rings. The summed E-state index contributed by atoms with van der Waals surface area (Å²) in [5, 5.41) is 4.98. The molecule has 38 heavy (non-hydrogen) atoms. The van der Waals surface area contributed by atoms with Crippen molar-refractivity contribution in [2.24, 2.45) is 0 Å². The minimum atomic E-state index is -4.60. The monoisotopic (exact) mass is 556 g/mol. The topological polar surface area (TPSA) is 69.8 Å². The molecule has 5 rings (SSSR count). The largest absolute Gasteiger partial charge is 0.434 e. The Morgan fingerprint density at radius 1 is 0.921 bits per heavy atom. The highest BCUT2D eigenvalue weighted by Gasteiger charge is 2.34. The van der Waals surface area contributed by atoms with Crippen molar-refractivity contribution in [3.63, 3.8) is 0 Å². The molecule has 0 bridgehead atoms. The normalized spacial score (nSPS) is 12.2. The van der Waals surface area contributed by atoms with Gasteiger partial charge in [-0.3, -0.25) is 0 Å². The third-order valence-electron chi connectivity index (χ3n) is 6.01. The van der Waals surface area contributed by atoms with Gasteiger partial charge in [-0.15, -0.1) is 0 Å². The van der Waals surface area contributed by atoms with Gasteiger partial charge in [0.1, 0.15) is 5.82 Å². The predicted molar refractivity (Wildman–Crippen MR) is 139 cm³/mol. The van der Waals surface area contributed by atoms with Crippen molar-refractivity contribution in [2.45, 2.75) is 18.0 Å². The molecule has 0 saturated heterocycles. The molecule has 11 heteroatoms. The van der Waals surface area contributed by atoms with Gasteiger partial charge in [-0.25, -0.2) is 18.1 Å². The van der Waals surface area contributed by atoms with Crippen LogP contribution in [-0.2, 0) is 16.0 Å². The summed E-state index contributed by atoms with van der Waals surface area (Å²) in [6.45, 7) is 1.50. The first-order valence-corrected chi connectivity index (χ1v) is 13.6. The van der Waals surface area contributed by atoms with Crippen LogP contribution in [-0.4, -0.2) is 34.0 Å². The number of nitrogens with zero attached hydrogens (tertiary/aromatic N) is 4. The Hall–Kier alpha value is -3.89. The van der Waals surface area contributed by atoms with Crippen LogP contribution in [0.4, 0.5) is 13.2 Å². The van der Waals surface area contributed by atoms with Gasteiger partial charge in [0, 0.05) is 23.0 Å². The highest BCUT2D eigenvalue weighted by Crippen LogP contribution is 2.36. The van der Waals surface area contributed by atoms with Crippen molar-refractivity contribution in [1.29, 1.82) is 0 Å². The second kappa shape index (κ2) is 9.45. The van der Waals surface area contributed by atoms with Crippen LogP contribution in [0.3, 0.4) is 0 Å². The maximum Gasteiger partial charge on any atom is 0.434 e. The number of aryl methyl sites for hydroxylation is 1. The van der Waals surface area contributed by atoms with Crippen LogP contribution in [0.15, 0.2) is 90.1 Å². The SMILES string of the molecule is Cc1nc(C(F)(F)F)cn1-c1ccc(-c2cccc(S(C)(=O)=O)c2)cc1-c1ccnn1-c1ccc(Cl)cc1. The molecule has 0 N–H and O–H groups in total. The lowest BCUT2D eigenvalue weighted by atomic mass is 9.99. The van der Waals surface area contributed by atoms with Gasteiger partial charge in [0.15, 0.2) is 15.5 Å². The zero-order valence-corrected chi connectivity index (χ0v) is 21.7. The molecule has 0 spiro atoms. The van der Waals surface area contributed by atoms with Gasteiger partial charge in [-0.2, -0.15) is 18.3 Å². The fraction of sp³-hybridized carbons (Fsp3) is 0.111. The third kappa shape index (κ3) is 4.97. The number of benzene rings is 3. The van der Waals surface area contributed by atoms with E-state index in [1.165, 1.54) is 17.6 Å². The van der Waals surface area contributed by atoms with E-state index < -0.39 is 21.7 Å². The number of aromatic nitrogens is 4. The van der Waals surface area contributed by atoms with Crippen LogP contribution in [0.25, 0.3) is 33.8 Å². The highest BCUT2D eigenvalue weighted by molar-refractivity contribution is 7.90. The van der Waals surface area contributed by atoms with Gasteiger partial charge in [0.25, 0.3) is 0 Å². The molecule has 0 aliphatic carbocycles. The van der Waals surface area contributed by atoms with E-state index in [1.54, 1.807) is 77.6 Å². The molecule has 0 saturated carbocycles. The minimum absolute atomic E-state index is 0.156. The first kappa shape index (κ1) is 25.7. The average Bonchev–Trinajstić information content (AvgIpc) is 3.51. The van der Waals surface area contributed by atoms with Crippen molar-refractivity contribution in [1.82, 2.24) is 19.3 Å². The van der Waals surface area contributed by atoms with Crippen molar-refractivity contribution >= 4 is 21.4 Å². The number of hydrogen-bond acceptors (Lipinski definition) is 4. The van der Waals surface area contributed by atoms with Crippen LogP contribution in [0, 0.1) is 6.92 Å². The van der Waals surface area contributed by atoms with E-state index in [0.29, 0.717) is 38.8 Å². The first-order valence-electron chi connectivity index (χ1n) is 11.3. The van der Waals surface area contributed by atoms with Crippen molar-refractivity contribution < 1.29 is 21.6 Å². The summed E-state index contributed by atoms with van der Waals surface area (Å²) in [5.74, 6) is 0.156. The molecule has 0 radical (unpaired) electrons. The number of alkyl halides is 3. The van der Waals surface area contributed by atoms with Crippen LogP contribution in [0.1, 0.15) is 11.5 Å². The predicted octanol–water partition coefficient (Wildman–Crippen LogP) is 6.78. The quantitative estimate of drug-likeness (QED) is 0.239. The van der Waals surface area contributed by atoms with E-state index in [9.17, 15) is 21.6 Å². The zero-order chi connectivity index (χ0) is 27.2. The number of imidazole rings is 1. The maximum atomic E-state index is 13.5. The minimum Gasteiger partial charge on any atom is -0.303 e. The molecule has 0 amide bonds. The van der Waals surface area contributed by atoms with Gasteiger partial charge in [0.05, 0.1) is 28.2 Å². The van der Waals surface area contributed by atoms with Crippen LogP contribution < -0.4 is 0 Å². The molecule has 2 heterocycles. The third-order valence-corrected chi connectivity index (χ3v) is 7.38. The lowest BCUT2D eigenvalue weighted by Crippen LogP contribution is -2.05. The van der Waals surface area contributed by atoms with Crippen molar-refractivity contribution in [3.05, 3.63) is 102 Å². The summed E-state index contributed by atoms with van der Waals surface area (Å²) < 4.78 is 67.7. The zero-order valence-electron chi connectivity index (χ0n) is 20.1. The van der Waals surface area contributed by atoms with Crippen LogP contribution in [0.2, 0.25) is 5.02 Å². The first-order chi connectivity index (χ1) is 17.9. The Balaban J connectivity index is 1.75. The molecule has 0 fully saturated rings. The molecular formula is C27H20ClF3N4O2S. The Bertz CT molecular complexity index is 1760. The molecule has 6 nitrogen and oxygen atoms in total. The van der Waals surface area contributed by atoms with Crippen LogP contribution in [0.5, 0.6) is 0 Å². The molecule has 0 unspecified atom stereocenters. The average molecular weight is 557 g/mol. The molecular weight excluding hydrogens is 537 g/mol. The number of rotatable bonds is 5. The number of sulfone groups is 1. The summed E-state index contributed by atoms with van der Waals surface area (Å²) in [6.07, 6.45) is -0.924. The second-order valence-corrected chi connectivity index (χ2v) is 11.1.